The molecule has 0 spiro atoms. The first-order chi connectivity index (χ1) is 17.2. The molecule has 194 valence electrons. The summed E-state index contributed by atoms with van der Waals surface area (Å²) in [5.74, 6) is 1.86. The summed E-state index contributed by atoms with van der Waals surface area (Å²) in [6.07, 6.45) is 9.38. The zero-order chi connectivity index (χ0) is 25.0. The quantitative estimate of drug-likeness (QED) is 0.571. The molecule has 0 amide bonds. The second-order valence-corrected chi connectivity index (χ2v) is 9.22. The highest BCUT2D eigenvalue weighted by Gasteiger charge is 2.23. The molecule has 7 heteroatoms. The molecule has 35 heavy (non-hydrogen) atoms. The minimum Gasteiger partial charge on any atom is -0.490 e. The number of nitrogens with one attached hydrogen (secondary N) is 1. The van der Waals surface area contributed by atoms with E-state index in [4.69, 9.17) is 4.74 Å². The topological polar surface area (TPSA) is 56.8 Å². The molecular formula is C28H46N6O. The van der Waals surface area contributed by atoms with Crippen molar-refractivity contribution in [2.45, 2.75) is 72.4 Å². The Balaban J connectivity index is 0.00000167. The van der Waals surface area contributed by atoms with Gasteiger partial charge < -0.3 is 9.64 Å². The second kappa shape index (κ2) is 14.4. The van der Waals surface area contributed by atoms with Crippen LogP contribution in [0, 0.1) is 0 Å². The second-order valence-electron chi connectivity index (χ2n) is 9.22. The molecule has 1 N–H and O–H groups in total. The highest BCUT2D eigenvalue weighted by Crippen LogP contribution is 2.25. The summed E-state index contributed by atoms with van der Waals surface area (Å²) in [5.41, 5.74) is 7.33. The highest BCUT2D eigenvalue weighted by molar-refractivity contribution is 5.36. The molecule has 0 bridgehead atoms. The SMILES string of the molecule is CC.CCCc1cc(OC2CCN(c3ncc(CC)cn3)CC2)ccc1CN1CCN(NC)CC1. The van der Waals surface area contributed by atoms with Crippen LogP contribution in [0.25, 0.3) is 0 Å². The smallest absolute Gasteiger partial charge is 0.225 e. The molecule has 2 aromatic rings. The third-order valence-corrected chi connectivity index (χ3v) is 6.91. The van der Waals surface area contributed by atoms with E-state index in [1.54, 1.807) is 0 Å². The average Bonchev–Trinajstić information content (AvgIpc) is 2.92. The first-order valence-corrected chi connectivity index (χ1v) is 13.7. The largest absolute Gasteiger partial charge is 0.490 e. The van der Waals surface area contributed by atoms with Crippen LogP contribution in [0.15, 0.2) is 30.6 Å². The summed E-state index contributed by atoms with van der Waals surface area (Å²) < 4.78 is 6.44. The van der Waals surface area contributed by atoms with Crippen molar-refractivity contribution in [3.8, 4) is 5.75 Å². The maximum atomic E-state index is 6.44. The Hall–Kier alpha value is -2.22. The predicted molar refractivity (Wildman–Crippen MR) is 145 cm³/mol. The van der Waals surface area contributed by atoms with Crippen molar-refractivity contribution in [1.29, 1.82) is 0 Å². The molecule has 0 saturated carbocycles. The van der Waals surface area contributed by atoms with Gasteiger partial charge in [0.15, 0.2) is 0 Å². The van der Waals surface area contributed by atoms with Gasteiger partial charge in [0.05, 0.1) is 0 Å². The lowest BCUT2D eigenvalue weighted by Gasteiger charge is -2.34. The van der Waals surface area contributed by atoms with Crippen LogP contribution in [0.5, 0.6) is 5.75 Å². The van der Waals surface area contributed by atoms with Crippen LogP contribution in [0.1, 0.15) is 63.6 Å². The number of piperidine rings is 1. The van der Waals surface area contributed by atoms with Crippen LogP contribution < -0.4 is 15.1 Å². The van der Waals surface area contributed by atoms with E-state index in [1.807, 2.05) is 33.3 Å². The minimum absolute atomic E-state index is 0.256. The number of aromatic nitrogens is 2. The number of nitrogens with zero attached hydrogens (tertiary/aromatic N) is 5. The lowest BCUT2D eigenvalue weighted by atomic mass is 10.0. The van der Waals surface area contributed by atoms with Gasteiger partial charge in [-0.1, -0.05) is 40.2 Å². The van der Waals surface area contributed by atoms with Gasteiger partial charge in [-0.3, -0.25) is 10.3 Å². The summed E-state index contributed by atoms with van der Waals surface area (Å²) >= 11 is 0. The molecule has 0 radical (unpaired) electrons. The molecule has 0 unspecified atom stereocenters. The van der Waals surface area contributed by atoms with Gasteiger partial charge in [-0.15, -0.1) is 0 Å². The number of ether oxygens (including phenoxy) is 1. The van der Waals surface area contributed by atoms with E-state index in [9.17, 15) is 0 Å². The van der Waals surface area contributed by atoms with Gasteiger partial charge >= 0.3 is 0 Å². The van der Waals surface area contributed by atoms with Crippen LogP contribution in [0.2, 0.25) is 0 Å². The van der Waals surface area contributed by atoms with Crippen LogP contribution >= 0.6 is 0 Å². The molecule has 3 heterocycles. The monoisotopic (exact) mass is 482 g/mol. The van der Waals surface area contributed by atoms with Crippen molar-refractivity contribution in [3.05, 3.63) is 47.3 Å². The third-order valence-electron chi connectivity index (χ3n) is 6.91. The highest BCUT2D eigenvalue weighted by atomic mass is 16.5. The number of rotatable bonds is 9. The summed E-state index contributed by atoms with van der Waals surface area (Å²) in [5, 5.41) is 2.29. The Morgan fingerprint density at radius 3 is 2.23 bits per heavy atom. The molecule has 0 aliphatic carbocycles. The summed E-state index contributed by atoms with van der Waals surface area (Å²) in [6, 6.07) is 6.77. The van der Waals surface area contributed by atoms with Gasteiger partial charge in [-0.05, 0) is 48.7 Å². The van der Waals surface area contributed by atoms with Crippen LogP contribution in [-0.2, 0) is 19.4 Å². The van der Waals surface area contributed by atoms with Crippen molar-refractivity contribution in [2.24, 2.45) is 0 Å². The van der Waals surface area contributed by atoms with Crippen molar-refractivity contribution in [2.75, 3.05) is 51.2 Å². The molecule has 4 rings (SSSR count). The molecular weight excluding hydrogens is 436 g/mol. The zero-order valence-corrected chi connectivity index (χ0v) is 22.6. The van der Waals surface area contributed by atoms with Gasteiger partial charge in [-0.2, -0.15) is 0 Å². The maximum absolute atomic E-state index is 6.44. The van der Waals surface area contributed by atoms with Crippen molar-refractivity contribution in [3.63, 3.8) is 0 Å². The van der Waals surface area contributed by atoms with Crippen LogP contribution in [-0.4, -0.2) is 72.3 Å². The number of piperazine rings is 1. The number of benzene rings is 1. The Labute approximate surface area is 212 Å². The Morgan fingerprint density at radius 1 is 0.943 bits per heavy atom. The number of hydrogen-bond donors (Lipinski definition) is 1. The lowest BCUT2D eigenvalue weighted by Crippen LogP contribution is -2.50. The predicted octanol–water partition coefficient (Wildman–Crippen LogP) is 4.32. The van der Waals surface area contributed by atoms with Crippen molar-refractivity contribution < 1.29 is 4.74 Å². The van der Waals surface area contributed by atoms with E-state index in [0.717, 1.165) is 89.6 Å². The molecule has 2 aliphatic heterocycles. The van der Waals surface area contributed by atoms with E-state index < -0.39 is 0 Å². The van der Waals surface area contributed by atoms with E-state index in [1.165, 1.54) is 16.7 Å². The Morgan fingerprint density at radius 2 is 1.63 bits per heavy atom. The van der Waals surface area contributed by atoms with E-state index in [0.29, 0.717) is 0 Å². The molecule has 2 saturated heterocycles. The Bertz CT molecular complexity index is 858. The first-order valence-electron chi connectivity index (χ1n) is 13.7. The first kappa shape index (κ1) is 27.4. The zero-order valence-electron chi connectivity index (χ0n) is 22.6. The van der Waals surface area contributed by atoms with Crippen molar-refractivity contribution in [1.82, 2.24) is 25.3 Å². The van der Waals surface area contributed by atoms with Crippen LogP contribution in [0.4, 0.5) is 5.95 Å². The normalized spacial score (nSPS) is 17.7. The molecule has 1 aromatic heterocycles. The lowest BCUT2D eigenvalue weighted by molar-refractivity contribution is 0.0945. The van der Waals surface area contributed by atoms with E-state index in [-0.39, 0.29) is 6.10 Å². The van der Waals surface area contributed by atoms with Gasteiger partial charge in [0.25, 0.3) is 0 Å². The van der Waals surface area contributed by atoms with Crippen LogP contribution in [0.3, 0.4) is 0 Å². The molecule has 0 atom stereocenters. The number of anilines is 1. The van der Waals surface area contributed by atoms with Gasteiger partial charge in [0.2, 0.25) is 5.95 Å². The molecule has 7 nitrogen and oxygen atoms in total. The minimum atomic E-state index is 0.256. The van der Waals surface area contributed by atoms with Crippen molar-refractivity contribution >= 4 is 5.95 Å². The van der Waals surface area contributed by atoms with Gasteiger partial charge in [-0.25, -0.2) is 15.0 Å². The number of hydrazine groups is 1. The standard InChI is InChI=1S/C26H40N6O.C2H6/c1-4-6-22-17-25(8-7-23(22)20-30-13-15-32(27-3)16-14-30)33-24-9-11-31(12-10-24)26-28-18-21(5-2)19-29-26;1-2/h7-8,17-19,24,27H,4-6,9-16,20H2,1-3H3;1-2H3. The average molecular weight is 483 g/mol. The number of hydrogen-bond acceptors (Lipinski definition) is 7. The Kier molecular flexibility index (Phi) is 11.2. The summed E-state index contributed by atoms with van der Waals surface area (Å²) in [6.45, 7) is 15.7. The van der Waals surface area contributed by atoms with E-state index >= 15 is 0 Å². The molecule has 2 fully saturated rings. The summed E-state index contributed by atoms with van der Waals surface area (Å²) in [4.78, 5) is 13.9. The maximum Gasteiger partial charge on any atom is 0.225 e. The third kappa shape index (κ3) is 7.89. The van der Waals surface area contributed by atoms with Gasteiger partial charge in [0.1, 0.15) is 11.9 Å². The number of aryl methyl sites for hydroxylation is 2. The fraction of sp³-hybridized carbons (Fsp3) is 0.643. The fourth-order valence-electron chi connectivity index (χ4n) is 4.76. The molecule has 2 aliphatic rings. The fourth-order valence-corrected chi connectivity index (χ4v) is 4.76. The molecule has 1 aromatic carbocycles. The van der Waals surface area contributed by atoms with Gasteiger partial charge in [0, 0.05) is 71.0 Å². The summed E-state index contributed by atoms with van der Waals surface area (Å²) in [7, 11) is 2.01. The van der Waals surface area contributed by atoms with E-state index in [2.05, 4.69) is 62.2 Å².